The molecule has 2 aromatic rings. The van der Waals surface area contributed by atoms with Crippen molar-refractivity contribution >= 4 is 35.8 Å². The van der Waals surface area contributed by atoms with Crippen molar-refractivity contribution in [1.29, 1.82) is 0 Å². The molecule has 3 heterocycles. The van der Waals surface area contributed by atoms with Crippen molar-refractivity contribution in [2.75, 3.05) is 31.1 Å². The normalized spacial score (nSPS) is 17.3. The summed E-state index contributed by atoms with van der Waals surface area (Å²) in [6, 6.07) is 0.515. The standard InChI is InChI=1S/C18H27N9O.HI/c1-13-22-23-15(25(13)3)12-20-18(21-14-4-5-14)27-10-8-26(9-11-27)16-17(28)24(2)7-6-19-16;/h6-7,14H,4-5,8-12H2,1-3H3,(H,20,21);1H. The van der Waals surface area contributed by atoms with Crippen molar-refractivity contribution < 1.29 is 0 Å². The third kappa shape index (κ3) is 4.87. The lowest BCUT2D eigenvalue weighted by Gasteiger charge is -2.36. The van der Waals surface area contributed by atoms with Crippen molar-refractivity contribution in [3.05, 3.63) is 34.4 Å². The summed E-state index contributed by atoms with van der Waals surface area (Å²) >= 11 is 0. The minimum Gasteiger partial charge on any atom is -0.353 e. The fraction of sp³-hybridized carbons (Fsp3) is 0.611. The predicted octanol–water partition coefficient (Wildman–Crippen LogP) is 0.265. The van der Waals surface area contributed by atoms with E-state index in [0.29, 0.717) is 18.4 Å². The maximum atomic E-state index is 12.3. The van der Waals surface area contributed by atoms with Crippen LogP contribution in [0.4, 0.5) is 5.82 Å². The van der Waals surface area contributed by atoms with Crippen LogP contribution in [0.1, 0.15) is 24.5 Å². The Kier molecular flexibility index (Phi) is 6.75. The van der Waals surface area contributed by atoms with Crippen molar-refractivity contribution in [1.82, 2.24) is 34.5 Å². The zero-order chi connectivity index (χ0) is 19.7. The van der Waals surface area contributed by atoms with E-state index in [1.54, 1.807) is 24.0 Å². The molecule has 2 fully saturated rings. The van der Waals surface area contributed by atoms with Gasteiger partial charge in [0.15, 0.2) is 17.6 Å². The molecule has 0 unspecified atom stereocenters. The van der Waals surface area contributed by atoms with Gasteiger partial charge in [-0.1, -0.05) is 0 Å². The van der Waals surface area contributed by atoms with E-state index in [2.05, 4.69) is 30.3 Å². The summed E-state index contributed by atoms with van der Waals surface area (Å²) in [5.41, 5.74) is -0.0569. The van der Waals surface area contributed by atoms with E-state index in [-0.39, 0.29) is 29.5 Å². The first kappa shape index (κ1) is 21.5. The van der Waals surface area contributed by atoms with Gasteiger partial charge in [0.25, 0.3) is 5.56 Å². The molecule has 0 atom stereocenters. The highest BCUT2D eigenvalue weighted by Gasteiger charge is 2.27. The third-order valence-corrected chi connectivity index (χ3v) is 5.34. The Labute approximate surface area is 187 Å². The number of aryl methyl sites for hydroxylation is 2. The van der Waals surface area contributed by atoms with Crippen LogP contribution < -0.4 is 15.8 Å². The summed E-state index contributed by atoms with van der Waals surface area (Å²) < 4.78 is 3.53. The van der Waals surface area contributed by atoms with Gasteiger partial charge in [-0.15, -0.1) is 34.2 Å². The van der Waals surface area contributed by atoms with Crippen LogP contribution in [-0.2, 0) is 20.6 Å². The Balaban J connectivity index is 0.00000240. The van der Waals surface area contributed by atoms with Gasteiger partial charge in [-0.25, -0.2) is 9.98 Å². The summed E-state index contributed by atoms with van der Waals surface area (Å²) in [7, 11) is 3.71. The zero-order valence-electron chi connectivity index (χ0n) is 17.1. The minimum absolute atomic E-state index is 0. The van der Waals surface area contributed by atoms with Gasteiger partial charge in [-0.3, -0.25) is 4.79 Å². The Morgan fingerprint density at radius 1 is 1.21 bits per heavy atom. The second-order valence-electron chi connectivity index (χ2n) is 7.42. The fourth-order valence-corrected chi connectivity index (χ4v) is 3.21. The molecule has 158 valence electrons. The number of aliphatic imine (C=N–C) groups is 1. The minimum atomic E-state index is -0.0569. The maximum absolute atomic E-state index is 12.3. The first-order valence-electron chi connectivity index (χ1n) is 9.70. The van der Waals surface area contributed by atoms with Gasteiger partial charge in [0.2, 0.25) is 0 Å². The Morgan fingerprint density at radius 2 is 1.93 bits per heavy atom. The van der Waals surface area contributed by atoms with Crippen LogP contribution in [0.25, 0.3) is 0 Å². The van der Waals surface area contributed by atoms with Crippen molar-refractivity contribution in [2.24, 2.45) is 19.1 Å². The lowest BCUT2D eigenvalue weighted by atomic mass is 10.3. The molecule has 10 nitrogen and oxygen atoms in total. The van der Waals surface area contributed by atoms with E-state index in [1.807, 2.05) is 18.5 Å². The average Bonchev–Trinajstić information content (AvgIpc) is 3.47. The van der Waals surface area contributed by atoms with Gasteiger partial charge in [0.1, 0.15) is 12.4 Å². The largest absolute Gasteiger partial charge is 0.353 e. The first-order valence-corrected chi connectivity index (χ1v) is 9.70. The number of piperazine rings is 1. The van der Waals surface area contributed by atoms with Crippen LogP contribution in [0.15, 0.2) is 22.2 Å². The lowest BCUT2D eigenvalue weighted by Crippen LogP contribution is -2.54. The van der Waals surface area contributed by atoms with Crippen LogP contribution in [0.3, 0.4) is 0 Å². The Hall–Kier alpha value is -2.18. The molecule has 1 saturated carbocycles. The molecule has 0 spiro atoms. The van der Waals surface area contributed by atoms with Crippen LogP contribution in [0, 0.1) is 6.92 Å². The highest BCUT2D eigenvalue weighted by atomic mass is 127. The Morgan fingerprint density at radius 3 is 2.55 bits per heavy atom. The molecule has 2 aliphatic rings. The third-order valence-electron chi connectivity index (χ3n) is 5.34. The molecule has 2 aromatic heterocycles. The van der Waals surface area contributed by atoms with Gasteiger partial charge in [-0.05, 0) is 19.8 Å². The molecule has 29 heavy (non-hydrogen) atoms. The van der Waals surface area contributed by atoms with Crippen molar-refractivity contribution in [3.8, 4) is 0 Å². The number of aromatic nitrogens is 5. The quantitative estimate of drug-likeness (QED) is 0.356. The maximum Gasteiger partial charge on any atom is 0.293 e. The molecular formula is C18H28IN9O. The monoisotopic (exact) mass is 513 g/mol. The molecule has 0 aromatic carbocycles. The van der Waals surface area contributed by atoms with Gasteiger partial charge >= 0.3 is 0 Å². The van der Waals surface area contributed by atoms with Crippen LogP contribution >= 0.6 is 24.0 Å². The lowest BCUT2D eigenvalue weighted by molar-refractivity contribution is 0.369. The van der Waals surface area contributed by atoms with E-state index >= 15 is 0 Å². The van der Waals surface area contributed by atoms with Crippen LogP contribution in [-0.4, -0.2) is 67.4 Å². The van der Waals surface area contributed by atoms with Crippen LogP contribution in [0.2, 0.25) is 0 Å². The average molecular weight is 513 g/mol. The summed E-state index contributed by atoms with van der Waals surface area (Å²) in [6.07, 6.45) is 5.73. The van der Waals surface area contributed by atoms with Crippen molar-refractivity contribution in [2.45, 2.75) is 32.4 Å². The fourth-order valence-electron chi connectivity index (χ4n) is 3.21. The molecule has 1 aliphatic carbocycles. The molecular weight excluding hydrogens is 485 g/mol. The van der Waals surface area contributed by atoms with Gasteiger partial charge in [0, 0.05) is 58.7 Å². The Bertz CT molecular complexity index is 926. The number of nitrogens with zero attached hydrogens (tertiary/aromatic N) is 8. The summed E-state index contributed by atoms with van der Waals surface area (Å²) in [5.74, 6) is 3.17. The summed E-state index contributed by atoms with van der Waals surface area (Å²) in [6.45, 7) is 5.48. The number of hydrogen-bond acceptors (Lipinski definition) is 6. The molecule has 0 amide bonds. The highest BCUT2D eigenvalue weighted by Crippen LogP contribution is 2.19. The van der Waals surface area contributed by atoms with Gasteiger partial charge < -0.3 is 24.3 Å². The number of rotatable bonds is 4. The first-order chi connectivity index (χ1) is 13.5. The highest BCUT2D eigenvalue weighted by molar-refractivity contribution is 14.0. The molecule has 0 bridgehead atoms. The van der Waals surface area contributed by atoms with Crippen LogP contribution in [0.5, 0.6) is 0 Å². The number of hydrogen-bond donors (Lipinski definition) is 1. The molecule has 11 heteroatoms. The number of guanidine groups is 1. The molecule has 1 N–H and O–H groups in total. The van der Waals surface area contributed by atoms with E-state index in [1.165, 1.54) is 12.8 Å². The molecule has 0 radical (unpaired) electrons. The van der Waals surface area contributed by atoms with E-state index < -0.39 is 0 Å². The summed E-state index contributed by atoms with van der Waals surface area (Å²) in [4.78, 5) is 25.7. The SMILES string of the molecule is Cc1nnc(CN=C(NC2CC2)N2CCN(c3nccn(C)c3=O)CC2)n1C.I. The van der Waals surface area contributed by atoms with Gasteiger partial charge in [0.05, 0.1) is 0 Å². The predicted molar refractivity (Wildman–Crippen MR) is 122 cm³/mol. The second kappa shape index (κ2) is 9.09. The smallest absolute Gasteiger partial charge is 0.293 e. The van der Waals surface area contributed by atoms with E-state index in [0.717, 1.165) is 43.8 Å². The number of halogens is 1. The van der Waals surface area contributed by atoms with E-state index in [4.69, 9.17) is 4.99 Å². The number of nitrogens with one attached hydrogen (secondary N) is 1. The topological polar surface area (TPSA) is 96.5 Å². The second-order valence-corrected chi connectivity index (χ2v) is 7.42. The molecule has 1 saturated heterocycles. The van der Waals surface area contributed by atoms with Crippen molar-refractivity contribution in [3.63, 3.8) is 0 Å². The molecule has 1 aliphatic heterocycles. The zero-order valence-corrected chi connectivity index (χ0v) is 19.4. The van der Waals surface area contributed by atoms with E-state index in [9.17, 15) is 4.79 Å². The molecule has 4 rings (SSSR count). The summed E-state index contributed by atoms with van der Waals surface area (Å²) in [5, 5.41) is 11.9. The van der Waals surface area contributed by atoms with Gasteiger partial charge in [-0.2, -0.15) is 0 Å². The number of anilines is 1.